The molecule has 1 amide bonds. The molecule has 1 saturated heterocycles. The minimum absolute atomic E-state index is 0.144. The van der Waals surface area contributed by atoms with Gasteiger partial charge in [-0.15, -0.1) is 0 Å². The predicted molar refractivity (Wildman–Crippen MR) is 99.6 cm³/mol. The molecule has 4 rings (SSSR count). The quantitative estimate of drug-likeness (QED) is 0.704. The molecule has 0 saturated carbocycles. The molecule has 0 aliphatic carbocycles. The number of alkyl halides is 3. The van der Waals surface area contributed by atoms with Gasteiger partial charge < -0.3 is 9.88 Å². The van der Waals surface area contributed by atoms with Crippen LogP contribution in [0.3, 0.4) is 0 Å². The summed E-state index contributed by atoms with van der Waals surface area (Å²) in [7, 11) is 1.30. The summed E-state index contributed by atoms with van der Waals surface area (Å²) in [6.45, 7) is 0.563. The minimum atomic E-state index is -4.62. The first-order chi connectivity index (χ1) is 14.2. The van der Waals surface area contributed by atoms with Crippen LogP contribution in [0.1, 0.15) is 34.3 Å². The Morgan fingerprint density at radius 1 is 1.23 bits per heavy atom. The molecular formula is C19H17F3N6O2. The molecule has 1 atom stereocenters. The van der Waals surface area contributed by atoms with Gasteiger partial charge in [-0.25, -0.2) is 4.98 Å². The maximum atomic E-state index is 12.9. The summed E-state index contributed by atoms with van der Waals surface area (Å²) in [6.07, 6.45) is -0.910. The number of carbonyl (C=O) groups excluding carboxylic acids is 1. The number of H-pyrrole nitrogens is 1. The van der Waals surface area contributed by atoms with Crippen LogP contribution in [0.25, 0.3) is 11.3 Å². The van der Waals surface area contributed by atoms with E-state index in [2.05, 4.69) is 20.1 Å². The van der Waals surface area contributed by atoms with Crippen LogP contribution in [-0.4, -0.2) is 48.6 Å². The average molecular weight is 418 g/mol. The zero-order valence-electron chi connectivity index (χ0n) is 15.8. The van der Waals surface area contributed by atoms with E-state index in [1.165, 1.54) is 18.0 Å². The molecule has 156 valence electrons. The third kappa shape index (κ3) is 3.82. The first-order valence-electron chi connectivity index (χ1n) is 9.14. The highest BCUT2D eigenvalue weighted by atomic mass is 19.4. The number of hydrogen-bond donors (Lipinski definition) is 1. The number of likely N-dealkylation sites (tertiary alicyclic amines) is 1. The third-order valence-corrected chi connectivity index (χ3v) is 4.99. The molecule has 1 aliphatic heterocycles. The summed E-state index contributed by atoms with van der Waals surface area (Å²) in [5.41, 5.74) is -0.353. The van der Waals surface area contributed by atoms with Gasteiger partial charge in [-0.3, -0.25) is 19.3 Å². The summed E-state index contributed by atoms with van der Waals surface area (Å²) in [5, 5.41) is 3.39. The van der Waals surface area contributed by atoms with Gasteiger partial charge in [0.05, 0.1) is 5.69 Å². The second-order valence-electron chi connectivity index (χ2n) is 7.02. The lowest BCUT2D eigenvalue weighted by atomic mass is 10.1. The van der Waals surface area contributed by atoms with Gasteiger partial charge in [0, 0.05) is 56.1 Å². The third-order valence-electron chi connectivity index (χ3n) is 4.99. The van der Waals surface area contributed by atoms with Crippen molar-refractivity contribution in [2.75, 3.05) is 13.1 Å². The van der Waals surface area contributed by atoms with E-state index >= 15 is 0 Å². The standard InChI is InChI=1S/C19H17F3N6O2/c1-27-14(9-15(26-27)19(20,21)22)18(30)28-7-4-12(10-28)17-24-13(8-16(29)25-17)11-2-5-23-6-3-11/h2-3,5-6,8-9,12H,4,7,10H2,1H3,(H,24,25,29). The van der Waals surface area contributed by atoms with E-state index in [9.17, 15) is 22.8 Å². The van der Waals surface area contributed by atoms with E-state index in [-0.39, 0.29) is 23.7 Å². The Bertz CT molecular complexity index is 1140. The topological polar surface area (TPSA) is 96.8 Å². The van der Waals surface area contributed by atoms with E-state index in [1.54, 1.807) is 24.5 Å². The molecule has 1 fully saturated rings. The van der Waals surface area contributed by atoms with Gasteiger partial charge in [-0.05, 0) is 18.6 Å². The monoisotopic (exact) mass is 418 g/mol. The number of aromatic amines is 1. The van der Waals surface area contributed by atoms with E-state index in [0.717, 1.165) is 16.3 Å². The number of pyridine rings is 1. The number of carbonyl (C=O) groups is 1. The van der Waals surface area contributed by atoms with Gasteiger partial charge in [0.2, 0.25) is 0 Å². The number of rotatable bonds is 3. The van der Waals surface area contributed by atoms with Gasteiger partial charge in [-0.2, -0.15) is 18.3 Å². The zero-order chi connectivity index (χ0) is 21.5. The molecular weight excluding hydrogens is 401 g/mol. The molecule has 0 aromatic carbocycles. The fourth-order valence-corrected chi connectivity index (χ4v) is 3.48. The van der Waals surface area contributed by atoms with Gasteiger partial charge in [0.1, 0.15) is 11.5 Å². The highest BCUT2D eigenvalue weighted by Crippen LogP contribution is 2.30. The Hall–Kier alpha value is -3.50. The first kappa shape index (κ1) is 19.8. The Balaban J connectivity index is 1.55. The van der Waals surface area contributed by atoms with Gasteiger partial charge in [0.25, 0.3) is 11.5 Å². The lowest BCUT2D eigenvalue weighted by Gasteiger charge is -2.16. The smallest absolute Gasteiger partial charge is 0.337 e. The first-order valence-corrected chi connectivity index (χ1v) is 9.14. The Morgan fingerprint density at radius 2 is 1.97 bits per heavy atom. The van der Waals surface area contributed by atoms with Crippen molar-refractivity contribution in [2.45, 2.75) is 18.5 Å². The predicted octanol–water partition coefficient (Wildman–Crippen LogP) is 2.21. The Morgan fingerprint density at radius 3 is 2.63 bits per heavy atom. The summed E-state index contributed by atoms with van der Waals surface area (Å²) in [6, 6.07) is 5.60. The van der Waals surface area contributed by atoms with Crippen LogP contribution >= 0.6 is 0 Å². The van der Waals surface area contributed by atoms with E-state index in [0.29, 0.717) is 24.5 Å². The summed E-state index contributed by atoms with van der Waals surface area (Å²) in [5.74, 6) is -0.347. The zero-order valence-corrected chi connectivity index (χ0v) is 15.8. The summed E-state index contributed by atoms with van der Waals surface area (Å²) >= 11 is 0. The molecule has 3 aromatic rings. The maximum Gasteiger partial charge on any atom is 0.435 e. The Kier molecular flexibility index (Phi) is 4.88. The van der Waals surface area contributed by atoms with Crippen molar-refractivity contribution < 1.29 is 18.0 Å². The largest absolute Gasteiger partial charge is 0.435 e. The minimum Gasteiger partial charge on any atom is -0.337 e. The van der Waals surface area contributed by atoms with Crippen LogP contribution in [0.4, 0.5) is 13.2 Å². The number of nitrogens with one attached hydrogen (secondary N) is 1. The number of hydrogen-bond acceptors (Lipinski definition) is 5. The molecule has 30 heavy (non-hydrogen) atoms. The van der Waals surface area contributed by atoms with Crippen molar-refractivity contribution in [2.24, 2.45) is 7.05 Å². The lowest BCUT2D eigenvalue weighted by molar-refractivity contribution is -0.141. The van der Waals surface area contributed by atoms with E-state index < -0.39 is 17.8 Å². The number of aromatic nitrogens is 5. The molecule has 1 N–H and O–H groups in total. The van der Waals surface area contributed by atoms with Gasteiger partial charge in [-0.1, -0.05) is 0 Å². The highest BCUT2D eigenvalue weighted by molar-refractivity contribution is 5.93. The summed E-state index contributed by atoms with van der Waals surface area (Å²) in [4.78, 5) is 37.5. The Labute approximate surface area is 168 Å². The molecule has 1 unspecified atom stereocenters. The molecule has 1 aliphatic rings. The van der Waals surface area contributed by atoms with Crippen molar-refractivity contribution in [3.8, 4) is 11.3 Å². The lowest BCUT2D eigenvalue weighted by Crippen LogP contribution is -2.30. The van der Waals surface area contributed by atoms with Crippen LogP contribution in [0.5, 0.6) is 0 Å². The summed E-state index contributed by atoms with van der Waals surface area (Å²) < 4.78 is 39.6. The molecule has 8 nitrogen and oxygen atoms in total. The number of amides is 1. The second-order valence-corrected chi connectivity index (χ2v) is 7.02. The number of nitrogens with zero attached hydrogens (tertiary/aromatic N) is 5. The second kappa shape index (κ2) is 7.39. The molecule has 11 heteroatoms. The van der Waals surface area contributed by atoms with Crippen molar-refractivity contribution in [1.29, 1.82) is 0 Å². The highest BCUT2D eigenvalue weighted by Gasteiger charge is 2.37. The van der Waals surface area contributed by atoms with Crippen LogP contribution in [0, 0.1) is 0 Å². The molecule has 0 radical (unpaired) electrons. The average Bonchev–Trinajstić information content (AvgIpc) is 3.35. The normalized spacial score (nSPS) is 16.8. The van der Waals surface area contributed by atoms with Crippen LogP contribution in [-0.2, 0) is 13.2 Å². The number of aryl methyl sites for hydroxylation is 1. The molecule has 3 aromatic heterocycles. The van der Waals surface area contributed by atoms with Gasteiger partial charge in [0.15, 0.2) is 5.69 Å². The van der Waals surface area contributed by atoms with Crippen molar-refractivity contribution >= 4 is 5.91 Å². The number of halogens is 3. The molecule has 4 heterocycles. The van der Waals surface area contributed by atoms with Crippen molar-refractivity contribution in [3.05, 3.63) is 64.2 Å². The van der Waals surface area contributed by atoms with Gasteiger partial charge >= 0.3 is 6.18 Å². The van der Waals surface area contributed by atoms with E-state index in [4.69, 9.17) is 0 Å². The van der Waals surface area contributed by atoms with Crippen molar-refractivity contribution in [3.63, 3.8) is 0 Å². The van der Waals surface area contributed by atoms with Crippen molar-refractivity contribution in [1.82, 2.24) is 29.6 Å². The maximum absolute atomic E-state index is 12.9. The SMILES string of the molecule is Cn1nc(C(F)(F)F)cc1C(=O)N1CCC(c2nc(-c3ccncc3)cc(=O)[nH]2)C1. The fraction of sp³-hybridized carbons (Fsp3) is 0.316. The molecule has 0 bridgehead atoms. The molecule has 0 spiro atoms. The van der Waals surface area contributed by atoms with E-state index in [1.807, 2.05) is 0 Å². The van der Waals surface area contributed by atoms with Crippen LogP contribution in [0.15, 0.2) is 41.5 Å². The van der Waals surface area contributed by atoms with Crippen LogP contribution in [0.2, 0.25) is 0 Å². The van der Waals surface area contributed by atoms with Crippen LogP contribution < -0.4 is 5.56 Å². The fourth-order valence-electron chi connectivity index (χ4n) is 3.48.